The number of benzene rings is 3. The Hall–Kier alpha value is -3.36. The topological polar surface area (TPSA) is 54.5 Å². The van der Waals surface area contributed by atoms with E-state index in [9.17, 15) is 13.2 Å². The molecule has 5 heteroatoms. The van der Waals surface area contributed by atoms with Gasteiger partial charge in [-0.2, -0.15) is 0 Å². The van der Waals surface area contributed by atoms with E-state index in [-0.39, 0.29) is 4.90 Å². The maximum Gasteiger partial charge on any atom is 0.267 e. The number of amides is 1. The van der Waals surface area contributed by atoms with Gasteiger partial charge >= 0.3 is 0 Å². The minimum absolute atomic E-state index is 0.0562. The Kier molecular flexibility index (Phi) is 6.16. The van der Waals surface area contributed by atoms with Gasteiger partial charge < -0.3 is 0 Å². The van der Waals surface area contributed by atoms with Crippen LogP contribution < -0.4 is 0 Å². The maximum atomic E-state index is 13.3. The molecule has 0 heterocycles. The highest BCUT2D eigenvalue weighted by Gasteiger charge is 2.34. The number of carbonyl (C=O) groups excluding carboxylic acids is 1. The van der Waals surface area contributed by atoms with Gasteiger partial charge in [0.05, 0.1) is 4.90 Å². The lowest BCUT2D eigenvalue weighted by Crippen LogP contribution is -2.38. The van der Waals surface area contributed by atoms with Crippen molar-refractivity contribution >= 4 is 15.9 Å². The van der Waals surface area contributed by atoms with Gasteiger partial charge in [-0.1, -0.05) is 78.1 Å². The summed E-state index contributed by atoms with van der Waals surface area (Å²) < 4.78 is 27.6. The van der Waals surface area contributed by atoms with Crippen LogP contribution in [-0.4, -0.2) is 18.6 Å². The van der Waals surface area contributed by atoms with E-state index < -0.39 is 22.0 Å². The summed E-state index contributed by atoms with van der Waals surface area (Å²) in [5, 5.41) is 0. The summed E-state index contributed by atoms with van der Waals surface area (Å²) in [6, 6.07) is 23.7. The lowest BCUT2D eigenvalue weighted by molar-refractivity contribution is -0.125. The predicted octanol–water partition coefficient (Wildman–Crippen LogP) is 4.33. The van der Waals surface area contributed by atoms with E-state index in [2.05, 4.69) is 11.8 Å². The highest BCUT2D eigenvalue weighted by Crippen LogP contribution is 2.28. The minimum Gasteiger partial charge on any atom is -0.274 e. The summed E-state index contributed by atoms with van der Waals surface area (Å²) in [4.78, 5) is 12.6. The van der Waals surface area contributed by atoms with E-state index in [1.807, 2.05) is 43.3 Å². The summed E-state index contributed by atoms with van der Waals surface area (Å²) in [5.74, 6) is 5.40. The van der Waals surface area contributed by atoms with E-state index in [1.165, 1.54) is 19.1 Å². The number of aryl methyl sites for hydroxylation is 1. The first kappa shape index (κ1) is 20.4. The van der Waals surface area contributed by atoms with E-state index in [4.69, 9.17) is 0 Å². The molecule has 0 spiro atoms. The highest BCUT2D eigenvalue weighted by molar-refractivity contribution is 7.89. The first-order valence-electron chi connectivity index (χ1n) is 9.13. The van der Waals surface area contributed by atoms with Crippen molar-refractivity contribution in [1.82, 2.24) is 4.31 Å². The van der Waals surface area contributed by atoms with Gasteiger partial charge in [0.25, 0.3) is 10.0 Å². The molecule has 0 aliphatic rings. The fraction of sp³-hybridized carbons (Fsp3) is 0.125. The van der Waals surface area contributed by atoms with Crippen LogP contribution in [0.1, 0.15) is 29.7 Å². The molecule has 1 unspecified atom stereocenters. The largest absolute Gasteiger partial charge is 0.274 e. The Morgan fingerprint density at radius 1 is 0.862 bits per heavy atom. The van der Waals surface area contributed by atoms with Gasteiger partial charge in [0.1, 0.15) is 6.04 Å². The molecule has 29 heavy (non-hydrogen) atoms. The zero-order valence-electron chi connectivity index (χ0n) is 16.2. The molecular formula is C24H21NO3S. The quantitative estimate of drug-likeness (QED) is 0.610. The van der Waals surface area contributed by atoms with Crippen LogP contribution in [0.5, 0.6) is 0 Å². The number of sulfonamides is 1. The first-order chi connectivity index (χ1) is 13.9. The van der Waals surface area contributed by atoms with Crippen molar-refractivity contribution in [1.29, 1.82) is 0 Å². The van der Waals surface area contributed by atoms with Crippen LogP contribution in [0, 0.1) is 18.8 Å². The van der Waals surface area contributed by atoms with Crippen molar-refractivity contribution in [3.8, 4) is 11.8 Å². The molecule has 1 atom stereocenters. The van der Waals surface area contributed by atoms with Crippen LogP contribution in [0.4, 0.5) is 0 Å². The Morgan fingerprint density at radius 3 is 1.97 bits per heavy atom. The number of nitrogens with zero attached hydrogens (tertiary/aromatic N) is 1. The second-order valence-corrected chi connectivity index (χ2v) is 8.40. The molecule has 1 amide bonds. The standard InChI is InChI=1S/C24H21NO3S/c1-19-13-16-23(17-14-19)29(27,28)25(20(2)26)24(22-11-7-4-8-12-22)18-15-21-9-5-3-6-10-21/h3-14,16-17,24H,1-2H3. The average molecular weight is 404 g/mol. The molecular weight excluding hydrogens is 382 g/mol. The van der Waals surface area contributed by atoms with Gasteiger partial charge in [0.15, 0.2) is 0 Å². The zero-order chi connectivity index (χ0) is 20.9. The van der Waals surface area contributed by atoms with E-state index >= 15 is 0 Å². The van der Waals surface area contributed by atoms with E-state index in [0.29, 0.717) is 5.56 Å². The monoisotopic (exact) mass is 403 g/mol. The zero-order valence-corrected chi connectivity index (χ0v) is 17.1. The molecule has 0 N–H and O–H groups in total. The Balaban J connectivity index is 2.14. The smallest absolute Gasteiger partial charge is 0.267 e. The van der Waals surface area contributed by atoms with Gasteiger partial charge in [0.2, 0.25) is 5.91 Å². The number of rotatable bonds is 4. The molecule has 0 aromatic heterocycles. The molecule has 0 aliphatic carbocycles. The Labute approximate surface area is 171 Å². The molecule has 0 fully saturated rings. The lowest BCUT2D eigenvalue weighted by Gasteiger charge is -2.27. The van der Waals surface area contributed by atoms with E-state index in [1.54, 1.807) is 36.4 Å². The van der Waals surface area contributed by atoms with Crippen LogP contribution in [0.25, 0.3) is 0 Å². The van der Waals surface area contributed by atoms with Gasteiger partial charge in [-0.25, -0.2) is 12.7 Å². The van der Waals surface area contributed by atoms with Crippen LogP contribution in [-0.2, 0) is 14.8 Å². The SMILES string of the molecule is CC(=O)N(C(C#Cc1ccccc1)c1ccccc1)S(=O)(=O)c1ccc(C)cc1. The van der Waals surface area contributed by atoms with Crippen molar-refractivity contribution in [2.24, 2.45) is 0 Å². The van der Waals surface area contributed by atoms with Crippen molar-refractivity contribution in [2.75, 3.05) is 0 Å². The third-order valence-electron chi connectivity index (χ3n) is 4.36. The van der Waals surface area contributed by atoms with Gasteiger partial charge in [-0.3, -0.25) is 4.79 Å². The fourth-order valence-corrected chi connectivity index (χ4v) is 4.40. The second-order valence-electron chi connectivity index (χ2n) is 6.58. The molecule has 0 radical (unpaired) electrons. The molecule has 3 aromatic rings. The Bertz CT molecular complexity index is 1140. The van der Waals surface area contributed by atoms with Crippen molar-refractivity contribution in [2.45, 2.75) is 24.8 Å². The summed E-state index contributed by atoms with van der Waals surface area (Å²) >= 11 is 0. The normalized spacial score (nSPS) is 11.8. The molecule has 146 valence electrons. The molecule has 0 saturated heterocycles. The first-order valence-corrected chi connectivity index (χ1v) is 10.6. The van der Waals surface area contributed by atoms with Crippen LogP contribution in [0.3, 0.4) is 0 Å². The van der Waals surface area contributed by atoms with Crippen molar-refractivity contribution < 1.29 is 13.2 Å². The van der Waals surface area contributed by atoms with E-state index in [0.717, 1.165) is 15.4 Å². The summed E-state index contributed by atoms with van der Waals surface area (Å²) in [5.41, 5.74) is 2.30. The third kappa shape index (κ3) is 4.74. The minimum atomic E-state index is -4.09. The fourth-order valence-electron chi connectivity index (χ4n) is 2.90. The number of hydrogen-bond acceptors (Lipinski definition) is 3. The molecule has 4 nitrogen and oxygen atoms in total. The highest BCUT2D eigenvalue weighted by atomic mass is 32.2. The van der Waals surface area contributed by atoms with Crippen molar-refractivity contribution in [3.05, 3.63) is 102 Å². The molecule has 0 bridgehead atoms. The summed E-state index contributed by atoms with van der Waals surface area (Å²) in [6.45, 7) is 3.11. The molecule has 0 aliphatic heterocycles. The van der Waals surface area contributed by atoms with Crippen LogP contribution >= 0.6 is 0 Å². The predicted molar refractivity (Wildman–Crippen MR) is 113 cm³/mol. The molecule has 3 rings (SSSR count). The number of carbonyl (C=O) groups is 1. The lowest BCUT2D eigenvalue weighted by atomic mass is 10.1. The van der Waals surface area contributed by atoms with Gasteiger partial charge in [-0.15, -0.1) is 0 Å². The maximum absolute atomic E-state index is 13.3. The Morgan fingerprint density at radius 2 is 1.41 bits per heavy atom. The molecule has 0 saturated carbocycles. The van der Waals surface area contributed by atoms with Crippen LogP contribution in [0.15, 0.2) is 89.8 Å². The van der Waals surface area contributed by atoms with Crippen LogP contribution in [0.2, 0.25) is 0 Å². The number of hydrogen-bond donors (Lipinski definition) is 0. The van der Waals surface area contributed by atoms with Gasteiger partial charge in [0, 0.05) is 12.5 Å². The second kappa shape index (κ2) is 8.76. The summed E-state index contributed by atoms with van der Waals surface area (Å²) in [6.07, 6.45) is 0. The average Bonchev–Trinajstić information content (AvgIpc) is 2.72. The van der Waals surface area contributed by atoms with Crippen molar-refractivity contribution in [3.63, 3.8) is 0 Å². The van der Waals surface area contributed by atoms with Gasteiger partial charge in [-0.05, 0) is 36.8 Å². The summed E-state index contributed by atoms with van der Waals surface area (Å²) in [7, 11) is -4.09. The third-order valence-corrected chi connectivity index (χ3v) is 6.22. The molecule has 3 aromatic carbocycles.